The number of nitrogens with two attached hydrogens (primary N) is 2. The first kappa shape index (κ1) is 21.5. The number of halogens is 3. The number of hydrogen-bond donors (Lipinski definition) is 2. The largest absolute Gasteiger partial charge is 0.573 e. The minimum absolute atomic E-state index is 0.180. The molecule has 152 valence electrons. The number of ether oxygens (including phenoxy) is 2. The van der Waals surface area contributed by atoms with Gasteiger partial charge in [0, 0.05) is 5.56 Å². The van der Waals surface area contributed by atoms with E-state index in [0.717, 1.165) is 5.56 Å². The highest BCUT2D eigenvalue weighted by molar-refractivity contribution is 5.98. The summed E-state index contributed by atoms with van der Waals surface area (Å²) in [5.74, 6) is 0.955. The average molecular weight is 405 g/mol. The molecule has 4 N–H and O–H groups in total. The Morgan fingerprint density at radius 1 is 1.00 bits per heavy atom. The number of alkyl halides is 3. The zero-order chi connectivity index (χ0) is 21.3. The third-order valence-electron chi connectivity index (χ3n) is 3.23. The van der Waals surface area contributed by atoms with Crippen molar-refractivity contribution < 1.29 is 22.6 Å². The topological polar surface area (TPSA) is 109 Å². The summed E-state index contributed by atoms with van der Waals surface area (Å²) in [5, 5.41) is 0. The molecule has 29 heavy (non-hydrogen) atoms. The van der Waals surface area contributed by atoms with Crippen LogP contribution in [0.5, 0.6) is 11.6 Å². The first-order chi connectivity index (χ1) is 13.8. The molecule has 10 heteroatoms. The molecule has 0 aliphatic rings. The van der Waals surface area contributed by atoms with E-state index in [1.807, 2.05) is 30.3 Å². The molecule has 0 bridgehead atoms. The summed E-state index contributed by atoms with van der Waals surface area (Å²) in [4.78, 5) is 12.2. The summed E-state index contributed by atoms with van der Waals surface area (Å²) in [5.41, 5.74) is 12.3. The summed E-state index contributed by atoms with van der Waals surface area (Å²) in [6.07, 6.45) is -3.15. The minimum Gasteiger partial charge on any atom is -0.478 e. The quantitative estimate of drug-likeness (QED) is 0.506. The standard InChI is InChI=1S/C12H13N5O.C7H5F3O/c1-18-12-11(14)17-9(7-15-12)16-10(13)8-5-3-2-4-6-8;8-7(9,10)11-6-4-2-1-3-5-6/h2-7H,1H3,(H4,13,14,16,17);1-5H. The number of methoxy groups -OCH3 is 1. The van der Waals surface area contributed by atoms with E-state index in [2.05, 4.69) is 19.7 Å². The number of aromatic nitrogens is 2. The fourth-order valence-electron chi connectivity index (χ4n) is 2.01. The van der Waals surface area contributed by atoms with Crippen molar-refractivity contribution in [3.63, 3.8) is 0 Å². The number of amidine groups is 1. The summed E-state index contributed by atoms with van der Waals surface area (Å²) in [7, 11) is 1.47. The van der Waals surface area contributed by atoms with Gasteiger partial charge in [-0.3, -0.25) is 0 Å². The zero-order valence-electron chi connectivity index (χ0n) is 15.3. The van der Waals surface area contributed by atoms with Crippen LogP contribution in [0.25, 0.3) is 0 Å². The fourth-order valence-corrected chi connectivity index (χ4v) is 2.01. The molecule has 0 saturated carbocycles. The molecule has 3 aromatic rings. The molecule has 0 unspecified atom stereocenters. The monoisotopic (exact) mass is 405 g/mol. The SMILES string of the molecule is COc1ncc(/N=C(\N)c2ccccc2)nc1N.FC(F)(F)Oc1ccccc1. The van der Waals surface area contributed by atoms with Crippen molar-refractivity contribution in [1.82, 2.24) is 9.97 Å². The van der Waals surface area contributed by atoms with Crippen molar-refractivity contribution in [2.45, 2.75) is 6.36 Å². The van der Waals surface area contributed by atoms with E-state index in [9.17, 15) is 13.2 Å². The van der Waals surface area contributed by atoms with Crippen LogP contribution in [-0.4, -0.2) is 29.3 Å². The molecular weight excluding hydrogens is 387 g/mol. The second-order valence-corrected chi connectivity index (χ2v) is 5.35. The first-order valence-electron chi connectivity index (χ1n) is 8.15. The normalized spacial score (nSPS) is 11.2. The maximum atomic E-state index is 11.5. The van der Waals surface area contributed by atoms with Gasteiger partial charge < -0.3 is 20.9 Å². The second kappa shape index (κ2) is 9.93. The van der Waals surface area contributed by atoms with Gasteiger partial charge in [-0.1, -0.05) is 48.5 Å². The Morgan fingerprint density at radius 2 is 1.59 bits per heavy atom. The van der Waals surface area contributed by atoms with Crippen LogP contribution in [0.15, 0.2) is 71.9 Å². The Morgan fingerprint density at radius 3 is 2.10 bits per heavy atom. The van der Waals surface area contributed by atoms with Gasteiger partial charge in [-0.25, -0.2) is 15.0 Å². The van der Waals surface area contributed by atoms with Gasteiger partial charge in [-0.2, -0.15) is 0 Å². The van der Waals surface area contributed by atoms with Gasteiger partial charge >= 0.3 is 6.36 Å². The lowest BCUT2D eigenvalue weighted by Crippen LogP contribution is -2.16. The summed E-state index contributed by atoms with van der Waals surface area (Å²) >= 11 is 0. The number of hydrogen-bond acceptors (Lipinski definition) is 6. The lowest BCUT2D eigenvalue weighted by molar-refractivity contribution is -0.274. The van der Waals surface area contributed by atoms with E-state index in [1.54, 1.807) is 6.07 Å². The molecule has 0 aliphatic carbocycles. The van der Waals surface area contributed by atoms with Crippen LogP contribution in [0, 0.1) is 0 Å². The molecule has 0 saturated heterocycles. The van der Waals surface area contributed by atoms with Gasteiger partial charge in [-0.05, 0) is 12.1 Å². The van der Waals surface area contributed by atoms with Crippen molar-refractivity contribution in [3.05, 3.63) is 72.4 Å². The van der Waals surface area contributed by atoms with Crippen LogP contribution in [0.3, 0.4) is 0 Å². The van der Waals surface area contributed by atoms with Crippen molar-refractivity contribution in [3.8, 4) is 11.6 Å². The van der Waals surface area contributed by atoms with Crippen molar-refractivity contribution in [2.24, 2.45) is 10.7 Å². The molecule has 2 aromatic carbocycles. The van der Waals surface area contributed by atoms with E-state index in [0.29, 0.717) is 11.7 Å². The Hall–Kier alpha value is -3.82. The number of aliphatic imine (C=N–C) groups is 1. The molecule has 0 radical (unpaired) electrons. The third kappa shape index (κ3) is 7.37. The average Bonchev–Trinajstić information content (AvgIpc) is 2.69. The first-order valence-corrected chi connectivity index (χ1v) is 8.15. The highest BCUT2D eigenvalue weighted by Gasteiger charge is 2.30. The van der Waals surface area contributed by atoms with E-state index in [4.69, 9.17) is 16.2 Å². The van der Waals surface area contributed by atoms with E-state index >= 15 is 0 Å². The minimum atomic E-state index is -4.60. The molecule has 1 aromatic heterocycles. The Labute approximate surface area is 164 Å². The number of nitrogen functional groups attached to an aromatic ring is 1. The Balaban J connectivity index is 0.000000234. The molecule has 0 spiro atoms. The van der Waals surface area contributed by atoms with Gasteiger partial charge in [0.15, 0.2) is 11.6 Å². The molecule has 7 nitrogen and oxygen atoms in total. The number of rotatable bonds is 4. The van der Waals surface area contributed by atoms with Crippen LogP contribution in [0.4, 0.5) is 24.8 Å². The van der Waals surface area contributed by atoms with Crippen molar-refractivity contribution in [2.75, 3.05) is 12.8 Å². The van der Waals surface area contributed by atoms with Crippen LogP contribution in [0.2, 0.25) is 0 Å². The lowest BCUT2D eigenvalue weighted by atomic mass is 10.2. The Kier molecular flexibility index (Phi) is 7.35. The number of benzene rings is 2. The van der Waals surface area contributed by atoms with Gasteiger partial charge in [-0.15, -0.1) is 13.2 Å². The Bertz CT molecular complexity index is 936. The highest BCUT2D eigenvalue weighted by Crippen LogP contribution is 2.21. The molecule has 0 atom stereocenters. The van der Waals surface area contributed by atoms with Gasteiger partial charge in [0.1, 0.15) is 11.6 Å². The van der Waals surface area contributed by atoms with Gasteiger partial charge in [0.05, 0.1) is 13.3 Å². The number of nitrogens with zero attached hydrogens (tertiary/aromatic N) is 3. The van der Waals surface area contributed by atoms with Crippen LogP contribution in [-0.2, 0) is 0 Å². The van der Waals surface area contributed by atoms with Crippen molar-refractivity contribution >= 4 is 17.5 Å². The predicted molar refractivity (Wildman–Crippen MR) is 103 cm³/mol. The molecular formula is C19H18F3N5O2. The molecule has 0 aliphatic heterocycles. The second-order valence-electron chi connectivity index (χ2n) is 5.35. The van der Waals surface area contributed by atoms with E-state index in [1.165, 1.54) is 37.6 Å². The molecule has 3 rings (SSSR count). The summed E-state index contributed by atoms with van der Waals surface area (Å²) < 4.78 is 43.1. The number of para-hydroxylation sites is 1. The maximum Gasteiger partial charge on any atom is 0.573 e. The lowest BCUT2D eigenvalue weighted by Gasteiger charge is -2.07. The predicted octanol–water partition coefficient (Wildman–Crippen LogP) is 3.69. The van der Waals surface area contributed by atoms with Crippen LogP contribution >= 0.6 is 0 Å². The zero-order valence-corrected chi connectivity index (χ0v) is 15.3. The van der Waals surface area contributed by atoms with E-state index in [-0.39, 0.29) is 17.4 Å². The van der Waals surface area contributed by atoms with Gasteiger partial charge in [0.25, 0.3) is 5.88 Å². The third-order valence-corrected chi connectivity index (χ3v) is 3.23. The maximum absolute atomic E-state index is 11.5. The summed E-state index contributed by atoms with van der Waals surface area (Å²) in [6, 6.07) is 16.4. The number of anilines is 1. The van der Waals surface area contributed by atoms with Crippen LogP contribution in [0.1, 0.15) is 5.56 Å². The van der Waals surface area contributed by atoms with E-state index < -0.39 is 6.36 Å². The summed E-state index contributed by atoms with van der Waals surface area (Å²) in [6.45, 7) is 0. The fraction of sp³-hybridized carbons (Fsp3) is 0.105. The van der Waals surface area contributed by atoms with Gasteiger partial charge in [0.2, 0.25) is 0 Å². The highest BCUT2D eigenvalue weighted by atomic mass is 19.4. The molecule has 1 heterocycles. The van der Waals surface area contributed by atoms with Crippen LogP contribution < -0.4 is 20.9 Å². The smallest absolute Gasteiger partial charge is 0.478 e. The molecule has 0 fully saturated rings. The van der Waals surface area contributed by atoms with Crippen molar-refractivity contribution in [1.29, 1.82) is 0 Å². The molecule has 0 amide bonds.